The first-order valence-corrected chi connectivity index (χ1v) is 8.53. The zero-order chi connectivity index (χ0) is 16.9. The highest BCUT2D eigenvalue weighted by Crippen LogP contribution is 2.20. The molecular weight excluding hydrogens is 298 g/mol. The van der Waals surface area contributed by atoms with Crippen molar-refractivity contribution in [3.05, 3.63) is 65.2 Å². The average Bonchev–Trinajstić information content (AvgIpc) is 2.61. The number of nitrogens with zero attached hydrogens (tertiary/aromatic N) is 2. The van der Waals surface area contributed by atoms with Crippen LogP contribution in [-0.2, 0) is 6.54 Å². The van der Waals surface area contributed by atoms with Crippen LogP contribution in [0.1, 0.15) is 16.7 Å². The Kier molecular flexibility index (Phi) is 5.04. The Labute approximate surface area is 144 Å². The smallest absolute Gasteiger partial charge is 0.317 e. The average molecular weight is 323 g/mol. The fourth-order valence-electron chi connectivity index (χ4n) is 3.16. The lowest BCUT2D eigenvalue weighted by molar-refractivity contribution is 0.194. The largest absolute Gasteiger partial charge is 0.368 e. The molecule has 1 N–H and O–H groups in total. The number of rotatable bonds is 3. The van der Waals surface area contributed by atoms with E-state index in [9.17, 15) is 4.79 Å². The van der Waals surface area contributed by atoms with Crippen molar-refractivity contribution in [2.45, 2.75) is 20.4 Å². The highest BCUT2D eigenvalue weighted by Gasteiger charge is 2.21. The van der Waals surface area contributed by atoms with Crippen molar-refractivity contribution >= 4 is 11.7 Å². The summed E-state index contributed by atoms with van der Waals surface area (Å²) in [5, 5.41) is 3.04. The fourth-order valence-corrected chi connectivity index (χ4v) is 3.16. The van der Waals surface area contributed by atoms with E-state index in [1.807, 2.05) is 17.0 Å². The first-order chi connectivity index (χ1) is 11.6. The van der Waals surface area contributed by atoms with E-state index in [0.29, 0.717) is 6.54 Å². The number of hydrogen-bond donors (Lipinski definition) is 1. The molecule has 1 aliphatic rings. The van der Waals surface area contributed by atoms with Gasteiger partial charge < -0.3 is 15.1 Å². The fraction of sp³-hybridized carbons (Fsp3) is 0.350. The highest BCUT2D eigenvalue weighted by molar-refractivity contribution is 5.74. The summed E-state index contributed by atoms with van der Waals surface area (Å²) >= 11 is 0. The van der Waals surface area contributed by atoms with Crippen molar-refractivity contribution in [1.29, 1.82) is 0 Å². The lowest BCUT2D eigenvalue weighted by atomic mass is 10.1. The second-order valence-electron chi connectivity index (χ2n) is 6.35. The summed E-state index contributed by atoms with van der Waals surface area (Å²) in [5.41, 5.74) is 4.94. The van der Waals surface area contributed by atoms with Gasteiger partial charge in [-0.25, -0.2) is 4.79 Å². The lowest BCUT2D eigenvalue weighted by Gasteiger charge is -2.36. The van der Waals surface area contributed by atoms with Crippen molar-refractivity contribution < 1.29 is 4.79 Å². The number of urea groups is 1. The van der Waals surface area contributed by atoms with Gasteiger partial charge in [-0.15, -0.1) is 0 Å². The topological polar surface area (TPSA) is 35.6 Å². The molecule has 1 fully saturated rings. The van der Waals surface area contributed by atoms with E-state index in [4.69, 9.17) is 0 Å². The Bertz CT molecular complexity index is 706. The molecule has 4 heteroatoms. The molecule has 0 bridgehead atoms. The van der Waals surface area contributed by atoms with E-state index in [1.54, 1.807) is 0 Å². The van der Waals surface area contributed by atoms with Crippen molar-refractivity contribution in [3.8, 4) is 0 Å². The standard InChI is InChI=1S/C20H25N3O/c1-16-7-3-5-9-18(16)15-21-20(24)23-13-11-22(12-14-23)19-10-6-4-8-17(19)2/h3-10H,11-15H2,1-2H3,(H,21,24). The molecule has 3 rings (SSSR count). The summed E-state index contributed by atoms with van der Waals surface area (Å²) in [4.78, 5) is 16.7. The molecule has 2 aromatic carbocycles. The third-order valence-electron chi connectivity index (χ3n) is 4.71. The number of hydrogen-bond acceptors (Lipinski definition) is 2. The van der Waals surface area contributed by atoms with Crippen LogP contribution in [0.25, 0.3) is 0 Å². The quantitative estimate of drug-likeness (QED) is 0.940. The number of nitrogens with one attached hydrogen (secondary N) is 1. The van der Waals surface area contributed by atoms with Crippen LogP contribution in [0.15, 0.2) is 48.5 Å². The van der Waals surface area contributed by atoms with Gasteiger partial charge in [-0.05, 0) is 36.6 Å². The predicted octanol–water partition coefficient (Wildman–Crippen LogP) is 3.34. The maximum Gasteiger partial charge on any atom is 0.317 e. The van der Waals surface area contributed by atoms with Crippen LogP contribution in [0.4, 0.5) is 10.5 Å². The summed E-state index contributed by atoms with van der Waals surface area (Å²) in [6.07, 6.45) is 0. The molecule has 2 aromatic rings. The summed E-state index contributed by atoms with van der Waals surface area (Å²) in [7, 11) is 0. The molecule has 4 nitrogen and oxygen atoms in total. The van der Waals surface area contributed by atoms with E-state index >= 15 is 0 Å². The van der Waals surface area contributed by atoms with E-state index in [-0.39, 0.29) is 6.03 Å². The number of benzene rings is 2. The minimum Gasteiger partial charge on any atom is -0.368 e. The minimum atomic E-state index is 0.0303. The van der Waals surface area contributed by atoms with E-state index in [1.165, 1.54) is 22.4 Å². The third kappa shape index (κ3) is 3.70. The van der Waals surface area contributed by atoms with Gasteiger partial charge in [0.2, 0.25) is 0 Å². The summed E-state index contributed by atoms with van der Waals surface area (Å²) < 4.78 is 0. The maximum absolute atomic E-state index is 12.4. The van der Waals surface area contributed by atoms with Gasteiger partial charge in [-0.2, -0.15) is 0 Å². The third-order valence-corrected chi connectivity index (χ3v) is 4.71. The molecule has 1 saturated heterocycles. The number of amides is 2. The van der Waals surface area contributed by atoms with E-state index in [0.717, 1.165) is 26.2 Å². The Hall–Kier alpha value is -2.49. The van der Waals surface area contributed by atoms with Crippen molar-refractivity contribution in [3.63, 3.8) is 0 Å². The number of aryl methyl sites for hydroxylation is 2. The van der Waals surface area contributed by atoms with Crippen LogP contribution in [-0.4, -0.2) is 37.1 Å². The van der Waals surface area contributed by atoms with Crippen LogP contribution in [0, 0.1) is 13.8 Å². The Balaban J connectivity index is 1.52. The first kappa shape index (κ1) is 16.4. The van der Waals surface area contributed by atoms with Gasteiger partial charge in [0.05, 0.1) is 0 Å². The molecule has 24 heavy (non-hydrogen) atoms. The van der Waals surface area contributed by atoms with Crippen LogP contribution in [0.5, 0.6) is 0 Å². The number of anilines is 1. The van der Waals surface area contributed by atoms with Crippen LogP contribution in [0.3, 0.4) is 0 Å². The van der Waals surface area contributed by atoms with Crippen molar-refractivity contribution in [2.75, 3.05) is 31.1 Å². The van der Waals surface area contributed by atoms with Gasteiger partial charge in [0.25, 0.3) is 0 Å². The summed E-state index contributed by atoms with van der Waals surface area (Å²) in [6, 6.07) is 16.6. The molecule has 0 aromatic heterocycles. The van der Waals surface area contributed by atoms with E-state index in [2.05, 4.69) is 60.5 Å². The van der Waals surface area contributed by atoms with Gasteiger partial charge in [0.1, 0.15) is 0 Å². The first-order valence-electron chi connectivity index (χ1n) is 8.53. The molecule has 0 spiro atoms. The minimum absolute atomic E-state index is 0.0303. The second kappa shape index (κ2) is 7.39. The molecule has 1 aliphatic heterocycles. The van der Waals surface area contributed by atoms with Crippen LogP contribution >= 0.6 is 0 Å². The predicted molar refractivity (Wildman–Crippen MR) is 98.4 cm³/mol. The number of carbonyl (C=O) groups is 1. The van der Waals surface area contributed by atoms with Gasteiger partial charge in [-0.3, -0.25) is 0 Å². The summed E-state index contributed by atoms with van der Waals surface area (Å²) in [5.74, 6) is 0. The van der Waals surface area contributed by atoms with Gasteiger partial charge in [0.15, 0.2) is 0 Å². The van der Waals surface area contributed by atoms with Crippen molar-refractivity contribution in [1.82, 2.24) is 10.2 Å². The molecule has 0 atom stereocenters. The number of para-hydroxylation sites is 1. The second-order valence-corrected chi connectivity index (χ2v) is 6.35. The van der Waals surface area contributed by atoms with Crippen LogP contribution < -0.4 is 10.2 Å². The van der Waals surface area contributed by atoms with Gasteiger partial charge in [0, 0.05) is 38.4 Å². The molecular formula is C20H25N3O. The Morgan fingerprint density at radius 1 is 0.917 bits per heavy atom. The molecule has 0 unspecified atom stereocenters. The number of carbonyl (C=O) groups excluding carboxylic acids is 1. The summed E-state index contributed by atoms with van der Waals surface area (Å²) in [6.45, 7) is 8.07. The van der Waals surface area contributed by atoms with E-state index < -0.39 is 0 Å². The monoisotopic (exact) mass is 323 g/mol. The molecule has 1 heterocycles. The number of piperazine rings is 1. The highest BCUT2D eigenvalue weighted by atomic mass is 16.2. The molecule has 2 amide bonds. The van der Waals surface area contributed by atoms with Crippen molar-refractivity contribution in [2.24, 2.45) is 0 Å². The lowest BCUT2D eigenvalue weighted by Crippen LogP contribution is -2.51. The zero-order valence-corrected chi connectivity index (χ0v) is 14.5. The normalized spacial score (nSPS) is 14.6. The van der Waals surface area contributed by atoms with Gasteiger partial charge >= 0.3 is 6.03 Å². The molecule has 126 valence electrons. The zero-order valence-electron chi connectivity index (χ0n) is 14.5. The van der Waals surface area contributed by atoms with Gasteiger partial charge in [-0.1, -0.05) is 42.5 Å². The molecule has 0 saturated carbocycles. The maximum atomic E-state index is 12.4. The SMILES string of the molecule is Cc1ccccc1CNC(=O)N1CCN(c2ccccc2C)CC1. The molecule has 0 radical (unpaired) electrons. The van der Waals surface area contributed by atoms with Crippen LogP contribution in [0.2, 0.25) is 0 Å². The molecule has 0 aliphatic carbocycles. The Morgan fingerprint density at radius 2 is 1.54 bits per heavy atom. The Morgan fingerprint density at radius 3 is 2.21 bits per heavy atom.